The molecule has 0 aliphatic carbocycles. The SMILES string of the molecule is COCc1cc2ccccc2c(C)c1COC. The van der Waals surface area contributed by atoms with E-state index in [-0.39, 0.29) is 0 Å². The summed E-state index contributed by atoms with van der Waals surface area (Å²) in [6, 6.07) is 10.6. The smallest absolute Gasteiger partial charge is 0.0719 e. The van der Waals surface area contributed by atoms with Crippen molar-refractivity contribution in [3.8, 4) is 0 Å². The fraction of sp³-hybridized carbons (Fsp3) is 0.333. The van der Waals surface area contributed by atoms with Crippen molar-refractivity contribution >= 4 is 10.8 Å². The number of rotatable bonds is 4. The topological polar surface area (TPSA) is 18.5 Å². The molecule has 90 valence electrons. The first-order valence-corrected chi connectivity index (χ1v) is 5.76. The van der Waals surface area contributed by atoms with Gasteiger partial charge in [0, 0.05) is 14.2 Å². The molecule has 0 atom stereocenters. The Morgan fingerprint density at radius 1 is 1.00 bits per heavy atom. The van der Waals surface area contributed by atoms with Crippen LogP contribution in [0.1, 0.15) is 16.7 Å². The zero-order valence-corrected chi connectivity index (χ0v) is 10.6. The second kappa shape index (κ2) is 5.30. The minimum absolute atomic E-state index is 0.629. The van der Waals surface area contributed by atoms with Gasteiger partial charge in [0.2, 0.25) is 0 Å². The van der Waals surface area contributed by atoms with E-state index in [0.717, 1.165) is 0 Å². The second-order valence-corrected chi connectivity index (χ2v) is 4.23. The van der Waals surface area contributed by atoms with Gasteiger partial charge >= 0.3 is 0 Å². The molecule has 2 aromatic carbocycles. The summed E-state index contributed by atoms with van der Waals surface area (Å²) in [6.07, 6.45) is 0. The van der Waals surface area contributed by atoms with Gasteiger partial charge in [-0.2, -0.15) is 0 Å². The highest BCUT2D eigenvalue weighted by Gasteiger charge is 2.09. The van der Waals surface area contributed by atoms with Gasteiger partial charge in [0.25, 0.3) is 0 Å². The lowest BCUT2D eigenvalue weighted by molar-refractivity contribution is 0.168. The molecule has 0 radical (unpaired) electrons. The summed E-state index contributed by atoms with van der Waals surface area (Å²) in [5, 5.41) is 2.55. The maximum absolute atomic E-state index is 5.29. The number of aryl methyl sites for hydroxylation is 1. The number of hydrogen-bond acceptors (Lipinski definition) is 2. The van der Waals surface area contributed by atoms with Crippen molar-refractivity contribution in [3.05, 3.63) is 47.0 Å². The maximum Gasteiger partial charge on any atom is 0.0719 e. The monoisotopic (exact) mass is 230 g/mol. The molecule has 0 saturated carbocycles. The van der Waals surface area contributed by atoms with Crippen molar-refractivity contribution in [2.24, 2.45) is 0 Å². The molecule has 2 rings (SSSR count). The molecule has 17 heavy (non-hydrogen) atoms. The molecule has 2 nitrogen and oxygen atoms in total. The Kier molecular flexibility index (Phi) is 3.77. The normalized spacial score (nSPS) is 11.0. The third kappa shape index (κ3) is 2.33. The summed E-state index contributed by atoms with van der Waals surface area (Å²) in [5.41, 5.74) is 3.75. The van der Waals surface area contributed by atoms with Crippen LogP contribution < -0.4 is 0 Å². The minimum Gasteiger partial charge on any atom is -0.380 e. The van der Waals surface area contributed by atoms with Crippen LogP contribution in [-0.4, -0.2) is 14.2 Å². The molecule has 2 aromatic rings. The lowest BCUT2D eigenvalue weighted by atomic mass is 9.95. The Balaban J connectivity index is 2.65. The predicted molar refractivity (Wildman–Crippen MR) is 70.1 cm³/mol. The molecule has 0 saturated heterocycles. The lowest BCUT2D eigenvalue weighted by Crippen LogP contribution is -2.01. The first-order valence-electron chi connectivity index (χ1n) is 5.76. The summed E-state index contributed by atoms with van der Waals surface area (Å²) in [6.45, 7) is 3.41. The van der Waals surface area contributed by atoms with Crippen LogP contribution in [0.25, 0.3) is 10.8 Å². The number of methoxy groups -OCH3 is 2. The van der Waals surface area contributed by atoms with E-state index in [9.17, 15) is 0 Å². The van der Waals surface area contributed by atoms with Crippen molar-refractivity contribution < 1.29 is 9.47 Å². The van der Waals surface area contributed by atoms with Crippen LogP contribution in [0.2, 0.25) is 0 Å². The Morgan fingerprint density at radius 2 is 1.71 bits per heavy atom. The van der Waals surface area contributed by atoms with E-state index in [1.165, 1.54) is 27.5 Å². The molecular weight excluding hydrogens is 212 g/mol. The van der Waals surface area contributed by atoms with Crippen molar-refractivity contribution in [1.82, 2.24) is 0 Å². The number of hydrogen-bond donors (Lipinski definition) is 0. The van der Waals surface area contributed by atoms with E-state index in [1.54, 1.807) is 14.2 Å². The van der Waals surface area contributed by atoms with Gasteiger partial charge in [0.15, 0.2) is 0 Å². The van der Waals surface area contributed by atoms with E-state index < -0.39 is 0 Å². The molecule has 0 aliphatic rings. The van der Waals surface area contributed by atoms with Gasteiger partial charge in [-0.05, 0) is 40.5 Å². The summed E-state index contributed by atoms with van der Waals surface area (Å²) in [5.74, 6) is 0. The molecule has 0 N–H and O–H groups in total. The van der Waals surface area contributed by atoms with Gasteiger partial charge in [-0.25, -0.2) is 0 Å². The predicted octanol–water partition coefficient (Wildman–Crippen LogP) is 3.44. The van der Waals surface area contributed by atoms with Crippen LogP contribution >= 0.6 is 0 Å². The number of benzene rings is 2. The molecule has 0 amide bonds. The lowest BCUT2D eigenvalue weighted by Gasteiger charge is -2.14. The molecular formula is C15H18O2. The van der Waals surface area contributed by atoms with E-state index in [4.69, 9.17) is 9.47 Å². The second-order valence-electron chi connectivity index (χ2n) is 4.23. The third-order valence-corrected chi connectivity index (χ3v) is 3.12. The number of fused-ring (bicyclic) bond motifs is 1. The summed E-state index contributed by atoms with van der Waals surface area (Å²) in [4.78, 5) is 0. The molecule has 0 aromatic heterocycles. The molecule has 2 heteroatoms. The number of ether oxygens (including phenoxy) is 2. The van der Waals surface area contributed by atoms with Crippen molar-refractivity contribution in [1.29, 1.82) is 0 Å². The summed E-state index contributed by atoms with van der Waals surface area (Å²) >= 11 is 0. The summed E-state index contributed by atoms with van der Waals surface area (Å²) in [7, 11) is 3.45. The zero-order valence-electron chi connectivity index (χ0n) is 10.6. The van der Waals surface area contributed by atoms with Crippen LogP contribution in [0.5, 0.6) is 0 Å². The van der Waals surface area contributed by atoms with Crippen molar-refractivity contribution in [2.45, 2.75) is 20.1 Å². The Bertz CT molecular complexity index is 518. The van der Waals surface area contributed by atoms with E-state index >= 15 is 0 Å². The first-order chi connectivity index (χ1) is 8.27. The van der Waals surface area contributed by atoms with E-state index in [1.807, 2.05) is 0 Å². The van der Waals surface area contributed by atoms with Crippen molar-refractivity contribution in [3.63, 3.8) is 0 Å². The van der Waals surface area contributed by atoms with Crippen LogP contribution in [0, 0.1) is 6.92 Å². The highest BCUT2D eigenvalue weighted by molar-refractivity contribution is 5.87. The van der Waals surface area contributed by atoms with Gasteiger partial charge in [-0.15, -0.1) is 0 Å². The molecule has 0 fully saturated rings. The Labute approximate surface area is 102 Å². The standard InChI is InChI=1S/C15H18O2/c1-11-14-7-5-4-6-12(14)8-13(9-16-2)15(11)10-17-3/h4-8H,9-10H2,1-3H3. The fourth-order valence-electron chi connectivity index (χ4n) is 2.27. The van der Waals surface area contributed by atoms with Crippen LogP contribution in [0.15, 0.2) is 30.3 Å². The van der Waals surface area contributed by atoms with Gasteiger partial charge in [-0.1, -0.05) is 24.3 Å². The van der Waals surface area contributed by atoms with Crippen LogP contribution in [0.4, 0.5) is 0 Å². The van der Waals surface area contributed by atoms with Crippen LogP contribution in [0.3, 0.4) is 0 Å². The van der Waals surface area contributed by atoms with E-state index in [0.29, 0.717) is 13.2 Å². The average molecular weight is 230 g/mol. The van der Waals surface area contributed by atoms with E-state index in [2.05, 4.69) is 37.3 Å². The van der Waals surface area contributed by atoms with Crippen LogP contribution in [-0.2, 0) is 22.7 Å². The quantitative estimate of drug-likeness (QED) is 0.801. The van der Waals surface area contributed by atoms with Gasteiger partial charge in [0.1, 0.15) is 0 Å². The maximum atomic E-state index is 5.29. The zero-order chi connectivity index (χ0) is 12.3. The Morgan fingerprint density at radius 3 is 2.41 bits per heavy atom. The highest BCUT2D eigenvalue weighted by Crippen LogP contribution is 2.26. The largest absolute Gasteiger partial charge is 0.380 e. The van der Waals surface area contributed by atoms with Gasteiger partial charge in [-0.3, -0.25) is 0 Å². The summed E-state index contributed by atoms with van der Waals surface area (Å²) < 4.78 is 10.6. The highest BCUT2D eigenvalue weighted by atomic mass is 16.5. The molecule has 0 spiro atoms. The van der Waals surface area contributed by atoms with Gasteiger partial charge < -0.3 is 9.47 Å². The molecule has 0 bridgehead atoms. The molecule has 0 aliphatic heterocycles. The minimum atomic E-state index is 0.629. The molecule has 0 heterocycles. The average Bonchev–Trinajstić information content (AvgIpc) is 2.34. The molecule has 0 unspecified atom stereocenters. The first kappa shape index (κ1) is 12.1. The Hall–Kier alpha value is -1.38. The van der Waals surface area contributed by atoms with Crippen molar-refractivity contribution in [2.75, 3.05) is 14.2 Å². The third-order valence-electron chi connectivity index (χ3n) is 3.12. The fourth-order valence-corrected chi connectivity index (χ4v) is 2.27. The van der Waals surface area contributed by atoms with Gasteiger partial charge in [0.05, 0.1) is 13.2 Å².